The molecule has 3 aliphatic rings. The van der Waals surface area contributed by atoms with Crippen molar-refractivity contribution in [1.82, 2.24) is 4.90 Å². The first-order valence-corrected chi connectivity index (χ1v) is 13.5. The van der Waals surface area contributed by atoms with Crippen LogP contribution in [-0.4, -0.2) is 65.3 Å². The fraction of sp³-hybridized carbons (Fsp3) is 0.448. The predicted molar refractivity (Wildman–Crippen MR) is 149 cm³/mol. The van der Waals surface area contributed by atoms with Crippen molar-refractivity contribution in [2.24, 2.45) is 0 Å². The fourth-order valence-corrected chi connectivity index (χ4v) is 6.26. The maximum absolute atomic E-state index is 12.6. The van der Waals surface area contributed by atoms with Gasteiger partial charge in [0.2, 0.25) is 11.6 Å². The predicted octanol–water partition coefficient (Wildman–Crippen LogP) is 4.88. The third kappa shape index (κ3) is 5.75. The average molecular weight is 544 g/mol. The number of thioether (sulfide) groups is 1. The number of aliphatic hydroxyl groups is 1. The van der Waals surface area contributed by atoms with Gasteiger partial charge in [0.15, 0.2) is 0 Å². The Balaban J connectivity index is 0.00000320. The van der Waals surface area contributed by atoms with Crippen molar-refractivity contribution < 1.29 is 24.2 Å². The van der Waals surface area contributed by atoms with Crippen LogP contribution >= 0.6 is 24.2 Å². The highest BCUT2D eigenvalue weighted by atomic mass is 35.5. The van der Waals surface area contributed by atoms with E-state index >= 15 is 0 Å². The highest BCUT2D eigenvalue weighted by Gasteiger charge is 2.46. The number of halogens is 1. The molecule has 2 aromatic carbocycles. The Labute approximate surface area is 228 Å². The Morgan fingerprint density at radius 3 is 2.32 bits per heavy atom. The summed E-state index contributed by atoms with van der Waals surface area (Å²) in [5.41, 5.74) is 2.11. The Morgan fingerprint density at radius 2 is 1.68 bits per heavy atom. The van der Waals surface area contributed by atoms with Gasteiger partial charge in [0, 0.05) is 49.4 Å². The summed E-state index contributed by atoms with van der Waals surface area (Å²) in [7, 11) is 0. The SMILES string of the molecule is CC(C)(C)c1ccc(OC[C@@H](O)CN2CCC3(CC2)CSC2=C(O3)c3ccccc3C(=O)C2=O)cc1.Cl. The largest absolute Gasteiger partial charge is 0.491 e. The second-order valence-electron chi connectivity index (χ2n) is 11.0. The number of carbonyl (C=O) groups excluding carboxylic acids is 2. The van der Waals surface area contributed by atoms with E-state index in [0.29, 0.717) is 34.1 Å². The van der Waals surface area contributed by atoms with Crippen LogP contribution in [0.15, 0.2) is 53.4 Å². The van der Waals surface area contributed by atoms with Crippen LogP contribution in [0.4, 0.5) is 0 Å². The summed E-state index contributed by atoms with van der Waals surface area (Å²) in [6.45, 7) is 8.88. The number of ketones is 2. The van der Waals surface area contributed by atoms with E-state index in [9.17, 15) is 14.7 Å². The topological polar surface area (TPSA) is 76.1 Å². The zero-order valence-electron chi connectivity index (χ0n) is 21.5. The molecule has 0 bridgehead atoms. The number of aliphatic hydroxyl groups excluding tert-OH is 1. The van der Waals surface area contributed by atoms with Crippen LogP contribution in [0.1, 0.15) is 55.1 Å². The zero-order valence-corrected chi connectivity index (χ0v) is 23.1. The summed E-state index contributed by atoms with van der Waals surface area (Å²) in [4.78, 5) is 27.8. The van der Waals surface area contributed by atoms with Crippen molar-refractivity contribution in [2.45, 2.75) is 50.7 Å². The molecular formula is C29H34ClNO5S. The highest BCUT2D eigenvalue weighted by molar-refractivity contribution is 8.04. The number of allylic oxidation sites excluding steroid dienone is 1. The molecule has 2 aromatic rings. The summed E-state index contributed by atoms with van der Waals surface area (Å²) in [6, 6.07) is 15.3. The lowest BCUT2D eigenvalue weighted by molar-refractivity contribution is -0.111. The molecule has 0 saturated carbocycles. The molecule has 37 heavy (non-hydrogen) atoms. The lowest BCUT2D eigenvalue weighted by atomic mass is 9.87. The Bertz CT molecular complexity index is 1200. The van der Waals surface area contributed by atoms with E-state index in [1.807, 2.05) is 24.3 Å². The number of rotatable bonds is 5. The average Bonchev–Trinajstić information content (AvgIpc) is 2.87. The van der Waals surface area contributed by atoms with Crippen molar-refractivity contribution in [3.8, 4) is 5.75 Å². The molecule has 1 N–H and O–H groups in total. The number of fused-ring (bicyclic) bond motifs is 2. The van der Waals surface area contributed by atoms with Crippen molar-refractivity contribution >= 4 is 41.5 Å². The van der Waals surface area contributed by atoms with Crippen molar-refractivity contribution in [3.05, 3.63) is 70.1 Å². The van der Waals surface area contributed by atoms with Gasteiger partial charge in [-0.3, -0.25) is 9.59 Å². The van der Waals surface area contributed by atoms with E-state index in [2.05, 4.69) is 37.8 Å². The van der Waals surface area contributed by atoms with Gasteiger partial charge in [-0.1, -0.05) is 57.2 Å². The van der Waals surface area contributed by atoms with Crippen LogP contribution in [0.2, 0.25) is 0 Å². The second kappa shape index (κ2) is 10.8. The first-order chi connectivity index (χ1) is 17.2. The number of piperidine rings is 1. The Hall–Kier alpha value is -2.32. The normalized spacial score (nSPS) is 20.0. The van der Waals surface area contributed by atoms with E-state index < -0.39 is 17.7 Å². The standard InChI is InChI=1S/C29H33NO5S.ClH/c1-28(2,3)19-8-10-21(11-9-19)34-17-20(31)16-30-14-12-29(13-15-30)18-36-27-25(33)24(32)22-6-4-5-7-23(22)26(27)35-29;/h4-11,20,31H,12-18H2,1-3H3;1H/t20-;/m0./s1. The van der Waals surface area contributed by atoms with E-state index in [1.54, 1.807) is 12.1 Å². The molecule has 1 atom stereocenters. The number of β-amino-alcohol motifs (C(OH)–C–C–N with tert-alkyl or cyclic N) is 1. The van der Waals surface area contributed by atoms with E-state index in [1.165, 1.54) is 17.3 Å². The lowest BCUT2D eigenvalue weighted by Crippen LogP contribution is -2.51. The number of benzene rings is 2. The maximum Gasteiger partial charge on any atom is 0.243 e. The molecule has 1 fully saturated rings. The van der Waals surface area contributed by atoms with Crippen molar-refractivity contribution in [1.29, 1.82) is 0 Å². The maximum atomic E-state index is 12.6. The lowest BCUT2D eigenvalue weighted by Gasteiger charge is -2.45. The summed E-state index contributed by atoms with van der Waals surface area (Å²) < 4.78 is 12.4. The number of likely N-dealkylation sites (tertiary alicyclic amines) is 1. The Morgan fingerprint density at radius 1 is 1.03 bits per heavy atom. The van der Waals surface area contributed by atoms with Crippen LogP contribution in [-0.2, 0) is 14.9 Å². The highest BCUT2D eigenvalue weighted by Crippen LogP contribution is 2.47. The smallest absolute Gasteiger partial charge is 0.243 e. The van der Waals surface area contributed by atoms with Crippen LogP contribution in [0.5, 0.6) is 5.75 Å². The zero-order chi connectivity index (χ0) is 25.5. The van der Waals surface area contributed by atoms with Gasteiger partial charge in [-0.25, -0.2) is 0 Å². The van der Waals surface area contributed by atoms with Crippen LogP contribution in [0, 0.1) is 0 Å². The van der Waals surface area contributed by atoms with Gasteiger partial charge in [-0.05, 0) is 23.1 Å². The van der Waals surface area contributed by atoms with Gasteiger partial charge in [0.25, 0.3) is 0 Å². The molecule has 1 aliphatic carbocycles. The molecule has 0 aromatic heterocycles. The molecule has 0 amide bonds. The minimum absolute atomic E-state index is 0. The molecule has 198 valence electrons. The Kier molecular flexibility index (Phi) is 8.10. The molecule has 2 aliphatic heterocycles. The van der Waals surface area contributed by atoms with Crippen LogP contribution < -0.4 is 4.74 Å². The third-order valence-corrected chi connectivity index (χ3v) is 8.56. The summed E-state index contributed by atoms with van der Waals surface area (Å²) >= 11 is 1.45. The van der Waals surface area contributed by atoms with Gasteiger partial charge >= 0.3 is 0 Å². The minimum Gasteiger partial charge on any atom is -0.491 e. The first kappa shape index (κ1) is 27.7. The van der Waals surface area contributed by atoms with Crippen molar-refractivity contribution in [2.75, 3.05) is 32.0 Å². The molecule has 8 heteroatoms. The molecule has 0 radical (unpaired) electrons. The number of carbonyl (C=O) groups is 2. The van der Waals surface area contributed by atoms with Gasteiger partial charge in [0.05, 0.1) is 0 Å². The number of ether oxygens (including phenoxy) is 2. The number of hydrogen-bond donors (Lipinski definition) is 1. The van der Waals surface area contributed by atoms with Crippen molar-refractivity contribution in [3.63, 3.8) is 0 Å². The van der Waals surface area contributed by atoms with E-state index in [4.69, 9.17) is 9.47 Å². The van der Waals surface area contributed by atoms with E-state index in [-0.39, 0.29) is 30.0 Å². The monoisotopic (exact) mass is 543 g/mol. The number of nitrogens with zero attached hydrogens (tertiary/aromatic N) is 1. The first-order valence-electron chi connectivity index (χ1n) is 12.5. The molecule has 1 saturated heterocycles. The molecular weight excluding hydrogens is 510 g/mol. The fourth-order valence-electron chi connectivity index (χ4n) is 5.00. The van der Waals surface area contributed by atoms with Gasteiger partial charge in [0.1, 0.15) is 34.7 Å². The van der Waals surface area contributed by atoms with Crippen LogP contribution in [0.25, 0.3) is 5.76 Å². The minimum atomic E-state index is -0.592. The number of Topliss-reactive ketones (excluding diaryl/α,β-unsaturated/α-hetero) is 2. The molecule has 0 unspecified atom stereocenters. The summed E-state index contributed by atoms with van der Waals surface area (Å²) in [5.74, 6) is 1.06. The number of hydrogen-bond acceptors (Lipinski definition) is 7. The summed E-state index contributed by atoms with van der Waals surface area (Å²) in [5, 5.41) is 10.6. The molecule has 1 spiro atoms. The molecule has 5 rings (SSSR count). The van der Waals surface area contributed by atoms with E-state index in [0.717, 1.165) is 31.7 Å². The third-order valence-electron chi connectivity index (χ3n) is 7.23. The van der Waals surface area contributed by atoms with Gasteiger partial charge in [-0.15, -0.1) is 24.2 Å². The second-order valence-corrected chi connectivity index (χ2v) is 12.0. The van der Waals surface area contributed by atoms with Gasteiger partial charge in [-0.2, -0.15) is 0 Å². The van der Waals surface area contributed by atoms with Gasteiger partial charge < -0.3 is 19.5 Å². The molecule has 2 heterocycles. The molecule has 6 nitrogen and oxygen atoms in total. The van der Waals surface area contributed by atoms with Crippen LogP contribution in [0.3, 0.4) is 0 Å². The quantitative estimate of drug-likeness (QED) is 0.539. The summed E-state index contributed by atoms with van der Waals surface area (Å²) in [6.07, 6.45) is 0.998.